The van der Waals surface area contributed by atoms with Gasteiger partial charge in [-0.05, 0) is 35.2 Å². The van der Waals surface area contributed by atoms with Gasteiger partial charge in [-0.25, -0.2) is 0 Å². The van der Waals surface area contributed by atoms with E-state index in [4.69, 9.17) is 5.73 Å². The van der Waals surface area contributed by atoms with Crippen LogP contribution in [0, 0.1) is 0 Å². The van der Waals surface area contributed by atoms with Crippen molar-refractivity contribution in [1.29, 1.82) is 0 Å². The van der Waals surface area contributed by atoms with Gasteiger partial charge < -0.3 is 10.6 Å². The second-order valence-corrected chi connectivity index (χ2v) is 4.81. The van der Waals surface area contributed by atoms with Crippen LogP contribution in [-0.4, -0.2) is 29.9 Å². The molecule has 1 aliphatic rings. The highest BCUT2D eigenvalue weighted by atomic mass is 32.1. The Bertz CT molecular complexity index is 315. The quantitative estimate of drug-likeness (QED) is 0.821. The Morgan fingerprint density at radius 3 is 2.87 bits per heavy atom. The van der Waals surface area contributed by atoms with Gasteiger partial charge in [-0.2, -0.15) is 11.3 Å². The van der Waals surface area contributed by atoms with Crippen LogP contribution >= 0.6 is 11.3 Å². The molecule has 4 heteroatoms. The number of nitrogens with zero attached hydrogens (tertiary/aromatic N) is 1. The zero-order chi connectivity index (χ0) is 10.7. The number of thiophene rings is 1. The molecule has 0 radical (unpaired) electrons. The van der Waals surface area contributed by atoms with E-state index in [2.05, 4.69) is 0 Å². The van der Waals surface area contributed by atoms with E-state index in [1.807, 2.05) is 21.7 Å². The van der Waals surface area contributed by atoms with Crippen LogP contribution in [0.15, 0.2) is 16.8 Å². The van der Waals surface area contributed by atoms with Crippen molar-refractivity contribution in [3.63, 3.8) is 0 Å². The molecule has 0 bridgehead atoms. The van der Waals surface area contributed by atoms with Crippen molar-refractivity contribution in [3.05, 3.63) is 22.4 Å². The molecule has 1 aromatic heterocycles. The van der Waals surface area contributed by atoms with Gasteiger partial charge in [-0.1, -0.05) is 0 Å². The third-order valence-corrected chi connectivity index (χ3v) is 3.56. The number of likely N-dealkylation sites (tertiary alicyclic amines) is 1. The highest BCUT2D eigenvalue weighted by Gasteiger charge is 2.20. The highest BCUT2D eigenvalue weighted by molar-refractivity contribution is 7.07. The summed E-state index contributed by atoms with van der Waals surface area (Å²) in [5, 5.41) is 4.04. The van der Waals surface area contributed by atoms with Crippen LogP contribution < -0.4 is 5.73 Å². The third kappa shape index (κ3) is 2.79. The summed E-state index contributed by atoms with van der Waals surface area (Å²) < 4.78 is 0. The average molecular weight is 224 g/mol. The number of amides is 1. The van der Waals surface area contributed by atoms with E-state index in [9.17, 15) is 4.79 Å². The van der Waals surface area contributed by atoms with E-state index in [0.717, 1.165) is 31.5 Å². The van der Waals surface area contributed by atoms with Crippen LogP contribution in [0.1, 0.15) is 18.4 Å². The standard InChI is InChI=1S/C11H16N2OS/c12-10-1-4-13(5-2-10)11(14)7-9-3-6-15-8-9/h3,6,8,10H,1-2,4-5,7,12H2. The number of carbonyl (C=O) groups excluding carboxylic acids is 1. The summed E-state index contributed by atoms with van der Waals surface area (Å²) in [6.45, 7) is 1.65. The topological polar surface area (TPSA) is 46.3 Å². The molecule has 1 fully saturated rings. The van der Waals surface area contributed by atoms with Gasteiger partial charge in [0.15, 0.2) is 0 Å². The number of carbonyl (C=O) groups is 1. The van der Waals surface area contributed by atoms with E-state index in [0.29, 0.717) is 6.42 Å². The molecule has 2 N–H and O–H groups in total. The van der Waals surface area contributed by atoms with E-state index in [1.54, 1.807) is 11.3 Å². The molecule has 1 amide bonds. The fourth-order valence-electron chi connectivity index (χ4n) is 1.83. The zero-order valence-electron chi connectivity index (χ0n) is 8.69. The summed E-state index contributed by atoms with van der Waals surface area (Å²) in [6.07, 6.45) is 2.42. The normalized spacial score (nSPS) is 18.1. The summed E-state index contributed by atoms with van der Waals surface area (Å²) >= 11 is 1.64. The van der Waals surface area contributed by atoms with E-state index < -0.39 is 0 Å². The monoisotopic (exact) mass is 224 g/mol. The van der Waals surface area contributed by atoms with Crippen molar-refractivity contribution in [2.45, 2.75) is 25.3 Å². The third-order valence-electron chi connectivity index (χ3n) is 2.83. The molecule has 1 aliphatic heterocycles. The lowest BCUT2D eigenvalue weighted by Gasteiger charge is -2.30. The Balaban J connectivity index is 1.86. The Morgan fingerprint density at radius 2 is 2.27 bits per heavy atom. The molecule has 82 valence electrons. The van der Waals surface area contributed by atoms with Crippen LogP contribution in [0.5, 0.6) is 0 Å². The second kappa shape index (κ2) is 4.77. The Hall–Kier alpha value is -0.870. The van der Waals surface area contributed by atoms with Gasteiger partial charge in [0.2, 0.25) is 5.91 Å². The van der Waals surface area contributed by atoms with Gasteiger partial charge in [-0.15, -0.1) is 0 Å². The van der Waals surface area contributed by atoms with Crippen molar-refractivity contribution in [1.82, 2.24) is 4.90 Å². The summed E-state index contributed by atoms with van der Waals surface area (Å²) in [6, 6.07) is 2.30. The summed E-state index contributed by atoms with van der Waals surface area (Å²) in [4.78, 5) is 13.8. The lowest BCUT2D eigenvalue weighted by molar-refractivity contribution is -0.131. The first-order valence-corrected chi connectivity index (χ1v) is 6.24. The number of hydrogen-bond acceptors (Lipinski definition) is 3. The van der Waals surface area contributed by atoms with Crippen molar-refractivity contribution >= 4 is 17.2 Å². The molecule has 2 heterocycles. The Labute approximate surface area is 93.9 Å². The molecule has 0 saturated carbocycles. The zero-order valence-corrected chi connectivity index (χ0v) is 9.50. The molecule has 1 saturated heterocycles. The molecule has 0 spiro atoms. The minimum Gasteiger partial charge on any atom is -0.342 e. The molecule has 3 nitrogen and oxygen atoms in total. The average Bonchev–Trinajstić information content (AvgIpc) is 2.71. The summed E-state index contributed by atoms with van der Waals surface area (Å²) in [5.74, 6) is 0.236. The molecule has 0 unspecified atom stereocenters. The van der Waals surface area contributed by atoms with Crippen molar-refractivity contribution < 1.29 is 4.79 Å². The number of piperidine rings is 1. The first kappa shape index (κ1) is 10.6. The minimum atomic E-state index is 0.236. The van der Waals surface area contributed by atoms with Gasteiger partial charge >= 0.3 is 0 Å². The largest absolute Gasteiger partial charge is 0.342 e. The predicted octanol–water partition coefficient (Wildman–Crippen LogP) is 1.24. The summed E-state index contributed by atoms with van der Waals surface area (Å²) in [7, 11) is 0. The molecule has 0 aromatic carbocycles. The van der Waals surface area contributed by atoms with Gasteiger partial charge in [-0.3, -0.25) is 4.79 Å². The fraction of sp³-hybridized carbons (Fsp3) is 0.545. The van der Waals surface area contributed by atoms with Crippen LogP contribution in [-0.2, 0) is 11.2 Å². The molecular formula is C11H16N2OS. The van der Waals surface area contributed by atoms with E-state index in [-0.39, 0.29) is 11.9 Å². The van der Waals surface area contributed by atoms with E-state index >= 15 is 0 Å². The predicted molar refractivity (Wildman–Crippen MR) is 61.8 cm³/mol. The van der Waals surface area contributed by atoms with Crippen molar-refractivity contribution in [2.75, 3.05) is 13.1 Å². The Morgan fingerprint density at radius 1 is 1.53 bits per heavy atom. The lowest BCUT2D eigenvalue weighted by atomic mass is 10.1. The first-order valence-electron chi connectivity index (χ1n) is 5.30. The molecule has 0 aliphatic carbocycles. The van der Waals surface area contributed by atoms with Crippen LogP contribution in [0.4, 0.5) is 0 Å². The van der Waals surface area contributed by atoms with Crippen molar-refractivity contribution in [2.24, 2.45) is 5.73 Å². The SMILES string of the molecule is NC1CCN(C(=O)Cc2ccsc2)CC1. The smallest absolute Gasteiger partial charge is 0.227 e. The maximum Gasteiger partial charge on any atom is 0.227 e. The molecule has 2 rings (SSSR count). The second-order valence-electron chi connectivity index (χ2n) is 4.03. The van der Waals surface area contributed by atoms with Crippen LogP contribution in [0.25, 0.3) is 0 Å². The number of hydrogen-bond donors (Lipinski definition) is 1. The number of nitrogens with two attached hydrogens (primary N) is 1. The van der Waals surface area contributed by atoms with Crippen molar-refractivity contribution in [3.8, 4) is 0 Å². The molecule has 0 atom stereocenters. The van der Waals surface area contributed by atoms with Gasteiger partial charge in [0.05, 0.1) is 6.42 Å². The van der Waals surface area contributed by atoms with Gasteiger partial charge in [0.25, 0.3) is 0 Å². The van der Waals surface area contributed by atoms with Crippen LogP contribution in [0.3, 0.4) is 0 Å². The highest BCUT2D eigenvalue weighted by Crippen LogP contribution is 2.12. The maximum atomic E-state index is 11.9. The van der Waals surface area contributed by atoms with Gasteiger partial charge in [0, 0.05) is 19.1 Å². The Kier molecular flexibility index (Phi) is 3.38. The van der Waals surface area contributed by atoms with Crippen LogP contribution in [0.2, 0.25) is 0 Å². The van der Waals surface area contributed by atoms with E-state index in [1.165, 1.54) is 0 Å². The number of rotatable bonds is 2. The fourth-order valence-corrected chi connectivity index (χ4v) is 2.50. The minimum absolute atomic E-state index is 0.236. The summed E-state index contributed by atoms with van der Waals surface area (Å²) in [5.41, 5.74) is 6.92. The maximum absolute atomic E-state index is 11.9. The molecule has 1 aromatic rings. The molecule has 15 heavy (non-hydrogen) atoms. The molecular weight excluding hydrogens is 208 g/mol. The van der Waals surface area contributed by atoms with Gasteiger partial charge in [0.1, 0.15) is 0 Å². The first-order chi connectivity index (χ1) is 7.25. The lowest BCUT2D eigenvalue weighted by Crippen LogP contribution is -2.43.